The predicted molar refractivity (Wildman–Crippen MR) is 77.4 cm³/mol. The van der Waals surface area contributed by atoms with Gasteiger partial charge in [-0.3, -0.25) is 4.79 Å². The molecule has 0 spiro atoms. The first kappa shape index (κ1) is 14.3. The Morgan fingerprint density at radius 2 is 2.10 bits per heavy atom. The highest BCUT2D eigenvalue weighted by molar-refractivity contribution is 5.69. The van der Waals surface area contributed by atoms with Gasteiger partial charge in [-0.05, 0) is 6.08 Å². The molecular formula is C17H20O4. The van der Waals surface area contributed by atoms with Crippen molar-refractivity contribution < 1.29 is 19.0 Å². The molecule has 3 rings (SSSR count). The lowest BCUT2D eigenvalue weighted by molar-refractivity contribution is -0.240. The lowest BCUT2D eigenvalue weighted by Gasteiger charge is -2.38. The van der Waals surface area contributed by atoms with E-state index in [0.717, 1.165) is 5.56 Å². The molecule has 112 valence electrons. The summed E-state index contributed by atoms with van der Waals surface area (Å²) < 4.78 is 17.2. The molecular weight excluding hydrogens is 268 g/mol. The lowest BCUT2D eigenvalue weighted by atomic mass is 9.90. The number of hydrogen-bond donors (Lipinski definition) is 0. The molecule has 0 radical (unpaired) electrons. The third kappa shape index (κ3) is 3.34. The summed E-state index contributed by atoms with van der Waals surface area (Å²) in [5.41, 5.74) is 1.02. The summed E-state index contributed by atoms with van der Waals surface area (Å²) in [5, 5.41) is 0. The van der Waals surface area contributed by atoms with Gasteiger partial charge in [-0.1, -0.05) is 43.3 Å². The molecule has 1 aliphatic heterocycles. The SMILES string of the molecule is CCC(=O)O[C@@H]1C=C[C@H]2COC(c3ccccc3)O[C@@H]2C1. The van der Waals surface area contributed by atoms with Crippen molar-refractivity contribution in [3.63, 3.8) is 0 Å². The summed E-state index contributed by atoms with van der Waals surface area (Å²) >= 11 is 0. The molecule has 4 heteroatoms. The third-order valence-electron chi connectivity index (χ3n) is 3.90. The van der Waals surface area contributed by atoms with Gasteiger partial charge in [0.2, 0.25) is 0 Å². The predicted octanol–water partition coefficient (Wildman–Crippen LogP) is 3.00. The number of hydrogen-bond acceptors (Lipinski definition) is 4. The van der Waals surface area contributed by atoms with Crippen molar-refractivity contribution in [2.75, 3.05) is 6.61 Å². The van der Waals surface area contributed by atoms with E-state index in [1.54, 1.807) is 6.92 Å². The maximum Gasteiger partial charge on any atom is 0.306 e. The summed E-state index contributed by atoms with van der Waals surface area (Å²) in [6.07, 6.45) is 4.60. The van der Waals surface area contributed by atoms with Crippen LogP contribution >= 0.6 is 0 Å². The van der Waals surface area contributed by atoms with Gasteiger partial charge >= 0.3 is 5.97 Å². The molecule has 4 nitrogen and oxygen atoms in total. The van der Waals surface area contributed by atoms with Gasteiger partial charge in [0.25, 0.3) is 0 Å². The average molecular weight is 288 g/mol. The van der Waals surface area contributed by atoms with Gasteiger partial charge in [0, 0.05) is 24.3 Å². The van der Waals surface area contributed by atoms with Gasteiger partial charge in [-0.2, -0.15) is 0 Å². The zero-order valence-electron chi connectivity index (χ0n) is 12.1. The summed E-state index contributed by atoms with van der Waals surface area (Å²) in [6.45, 7) is 2.43. The quantitative estimate of drug-likeness (QED) is 0.633. The normalized spacial score (nSPS) is 31.5. The summed E-state index contributed by atoms with van der Waals surface area (Å²) in [4.78, 5) is 11.4. The number of ether oxygens (including phenoxy) is 3. The fourth-order valence-corrected chi connectivity index (χ4v) is 2.71. The van der Waals surface area contributed by atoms with Gasteiger partial charge in [0.1, 0.15) is 6.10 Å². The molecule has 1 heterocycles. The molecule has 1 aliphatic carbocycles. The second kappa shape index (κ2) is 6.41. The van der Waals surface area contributed by atoms with Crippen LogP contribution in [0.2, 0.25) is 0 Å². The van der Waals surface area contributed by atoms with E-state index in [1.165, 1.54) is 0 Å². The van der Waals surface area contributed by atoms with Crippen molar-refractivity contribution in [3.8, 4) is 0 Å². The number of carbonyl (C=O) groups excluding carboxylic acids is 1. The summed E-state index contributed by atoms with van der Waals surface area (Å²) in [5.74, 6) is 0.0660. The number of rotatable bonds is 3. The fraction of sp³-hybridized carbons (Fsp3) is 0.471. The molecule has 1 saturated heterocycles. The minimum absolute atomic E-state index is 0.0311. The van der Waals surface area contributed by atoms with Gasteiger partial charge in [0.15, 0.2) is 6.29 Å². The second-order valence-corrected chi connectivity index (χ2v) is 5.42. The zero-order valence-corrected chi connectivity index (χ0v) is 12.1. The standard InChI is InChI=1S/C17H20O4/c1-2-16(18)20-14-9-8-13-11-19-17(21-15(13)10-14)12-6-4-3-5-7-12/h3-9,13-15,17H,2,10-11H2,1H3/t13-,14+,15+,17?/m0/s1. The van der Waals surface area contributed by atoms with E-state index < -0.39 is 0 Å². The Kier molecular flexibility index (Phi) is 4.36. The van der Waals surface area contributed by atoms with Gasteiger partial charge < -0.3 is 14.2 Å². The minimum Gasteiger partial charge on any atom is -0.458 e. The van der Waals surface area contributed by atoms with Crippen LogP contribution in [0.1, 0.15) is 31.6 Å². The largest absolute Gasteiger partial charge is 0.458 e. The average Bonchev–Trinajstić information content (AvgIpc) is 2.55. The Morgan fingerprint density at radius 1 is 1.29 bits per heavy atom. The first-order valence-corrected chi connectivity index (χ1v) is 7.46. The van der Waals surface area contributed by atoms with E-state index in [1.807, 2.05) is 42.5 Å². The van der Waals surface area contributed by atoms with E-state index in [9.17, 15) is 4.79 Å². The number of esters is 1. The fourth-order valence-electron chi connectivity index (χ4n) is 2.71. The summed E-state index contributed by atoms with van der Waals surface area (Å²) in [6, 6.07) is 9.91. The van der Waals surface area contributed by atoms with E-state index in [2.05, 4.69) is 0 Å². The number of carbonyl (C=O) groups is 1. The van der Waals surface area contributed by atoms with Crippen molar-refractivity contribution in [3.05, 3.63) is 48.0 Å². The highest BCUT2D eigenvalue weighted by Gasteiger charge is 2.35. The highest BCUT2D eigenvalue weighted by Crippen LogP contribution is 2.34. The van der Waals surface area contributed by atoms with E-state index in [0.29, 0.717) is 19.4 Å². The van der Waals surface area contributed by atoms with Gasteiger partial charge in [-0.25, -0.2) is 0 Å². The van der Waals surface area contributed by atoms with Crippen LogP contribution in [0.25, 0.3) is 0 Å². The Labute approximate surface area is 124 Å². The molecule has 4 atom stereocenters. The molecule has 0 aromatic heterocycles. The van der Waals surface area contributed by atoms with Crippen molar-refractivity contribution in [1.82, 2.24) is 0 Å². The molecule has 1 aromatic carbocycles. The Bertz CT molecular complexity index is 511. The van der Waals surface area contributed by atoms with Crippen LogP contribution in [0.3, 0.4) is 0 Å². The smallest absolute Gasteiger partial charge is 0.306 e. The van der Waals surface area contributed by atoms with Crippen molar-refractivity contribution in [2.24, 2.45) is 5.92 Å². The maximum atomic E-state index is 11.4. The van der Waals surface area contributed by atoms with Crippen LogP contribution in [0.15, 0.2) is 42.5 Å². The second-order valence-electron chi connectivity index (χ2n) is 5.42. The van der Waals surface area contributed by atoms with E-state index in [-0.39, 0.29) is 30.4 Å². The van der Waals surface area contributed by atoms with Gasteiger partial charge in [0.05, 0.1) is 12.7 Å². The number of benzene rings is 1. The molecule has 0 N–H and O–H groups in total. The van der Waals surface area contributed by atoms with Crippen LogP contribution in [0.4, 0.5) is 0 Å². The first-order chi connectivity index (χ1) is 10.3. The van der Waals surface area contributed by atoms with Crippen LogP contribution in [0, 0.1) is 5.92 Å². The molecule has 1 aromatic rings. The maximum absolute atomic E-state index is 11.4. The number of fused-ring (bicyclic) bond motifs is 1. The lowest BCUT2D eigenvalue weighted by Crippen LogP contribution is -2.40. The molecule has 0 saturated carbocycles. The third-order valence-corrected chi connectivity index (χ3v) is 3.90. The van der Waals surface area contributed by atoms with Gasteiger partial charge in [-0.15, -0.1) is 0 Å². The molecule has 2 aliphatic rings. The summed E-state index contributed by atoms with van der Waals surface area (Å²) in [7, 11) is 0. The topological polar surface area (TPSA) is 44.8 Å². The molecule has 0 amide bonds. The molecule has 1 unspecified atom stereocenters. The monoisotopic (exact) mass is 288 g/mol. The van der Waals surface area contributed by atoms with Crippen LogP contribution < -0.4 is 0 Å². The molecule has 0 bridgehead atoms. The molecule has 1 fully saturated rings. The highest BCUT2D eigenvalue weighted by atomic mass is 16.7. The zero-order chi connectivity index (χ0) is 14.7. The Balaban J connectivity index is 1.65. The van der Waals surface area contributed by atoms with E-state index >= 15 is 0 Å². The van der Waals surface area contributed by atoms with Crippen LogP contribution in [-0.4, -0.2) is 24.8 Å². The molecule has 21 heavy (non-hydrogen) atoms. The van der Waals surface area contributed by atoms with Crippen LogP contribution in [-0.2, 0) is 19.0 Å². The first-order valence-electron chi connectivity index (χ1n) is 7.46. The Morgan fingerprint density at radius 3 is 2.86 bits per heavy atom. The Hall–Kier alpha value is -1.65. The van der Waals surface area contributed by atoms with Crippen LogP contribution in [0.5, 0.6) is 0 Å². The van der Waals surface area contributed by atoms with Crippen molar-refractivity contribution >= 4 is 5.97 Å². The van der Waals surface area contributed by atoms with E-state index in [4.69, 9.17) is 14.2 Å². The van der Waals surface area contributed by atoms with Crippen molar-refractivity contribution in [2.45, 2.75) is 38.3 Å². The minimum atomic E-state index is -0.332. The van der Waals surface area contributed by atoms with Crippen molar-refractivity contribution in [1.29, 1.82) is 0 Å².